The van der Waals surface area contributed by atoms with E-state index in [1.807, 2.05) is 6.07 Å². The number of nitro groups is 1. The van der Waals surface area contributed by atoms with Crippen molar-refractivity contribution >= 4 is 16.3 Å². The lowest BCUT2D eigenvalue weighted by Gasteiger charge is -2.29. The molecule has 1 fully saturated rings. The third-order valence-electron chi connectivity index (χ3n) is 3.09. The predicted octanol–water partition coefficient (Wildman–Crippen LogP) is 1.47. The largest absolute Gasteiger partial charge is 0.379 e. The molecule has 0 radical (unpaired) electrons. The zero-order valence-electron chi connectivity index (χ0n) is 11.0. The van der Waals surface area contributed by atoms with Gasteiger partial charge in [0.2, 0.25) is 0 Å². The van der Waals surface area contributed by atoms with Crippen LogP contribution in [-0.2, 0) is 11.3 Å². The van der Waals surface area contributed by atoms with Gasteiger partial charge in [-0.2, -0.15) is 0 Å². The topological polar surface area (TPSA) is 67.6 Å². The monoisotopic (exact) mass is 285 g/mol. The summed E-state index contributed by atoms with van der Waals surface area (Å²) in [5.41, 5.74) is 0. The molecule has 7 heteroatoms. The normalized spacial score (nSPS) is 18.4. The molecule has 6 nitrogen and oxygen atoms in total. The molecule has 2 rings (SSSR count). The number of hydrogen-bond acceptors (Lipinski definition) is 6. The van der Waals surface area contributed by atoms with E-state index in [4.69, 9.17) is 4.74 Å². The van der Waals surface area contributed by atoms with Crippen LogP contribution in [0.3, 0.4) is 0 Å². The Balaban J connectivity index is 1.72. The van der Waals surface area contributed by atoms with E-state index in [1.54, 1.807) is 6.07 Å². The minimum absolute atomic E-state index is 0.206. The SMILES string of the molecule is CC(CN1CCOCC1)NCc1ccc([N+](=O)[O-])s1. The van der Waals surface area contributed by atoms with E-state index in [2.05, 4.69) is 17.1 Å². The fraction of sp³-hybridized carbons (Fsp3) is 0.667. The number of nitrogens with one attached hydrogen (secondary N) is 1. The first-order chi connectivity index (χ1) is 9.15. The number of ether oxygens (including phenoxy) is 1. The summed E-state index contributed by atoms with van der Waals surface area (Å²) in [6.07, 6.45) is 0. The molecule has 1 saturated heterocycles. The highest BCUT2D eigenvalue weighted by Crippen LogP contribution is 2.23. The maximum atomic E-state index is 10.6. The average molecular weight is 285 g/mol. The smallest absolute Gasteiger partial charge is 0.324 e. The highest BCUT2D eigenvalue weighted by molar-refractivity contribution is 7.15. The summed E-state index contributed by atoms with van der Waals surface area (Å²) >= 11 is 1.23. The van der Waals surface area contributed by atoms with Gasteiger partial charge >= 0.3 is 5.00 Å². The molecule has 1 aliphatic heterocycles. The van der Waals surface area contributed by atoms with Crippen molar-refractivity contribution < 1.29 is 9.66 Å². The maximum absolute atomic E-state index is 10.6. The number of hydrogen-bond donors (Lipinski definition) is 1. The summed E-state index contributed by atoms with van der Waals surface area (Å²) in [7, 11) is 0. The summed E-state index contributed by atoms with van der Waals surface area (Å²) in [5.74, 6) is 0. The van der Waals surface area contributed by atoms with Gasteiger partial charge in [0, 0.05) is 43.2 Å². The molecule has 2 heterocycles. The van der Waals surface area contributed by atoms with Crippen molar-refractivity contribution in [3.05, 3.63) is 27.1 Å². The minimum Gasteiger partial charge on any atom is -0.379 e. The predicted molar refractivity (Wildman–Crippen MR) is 74.5 cm³/mol. The number of nitrogens with zero attached hydrogens (tertiary/aromatic N) is 2. The fourth-order valence-corrected chi connectivity index (χ4v) is 2.84. The third-order valence-corrected chi connectivity index (χ3v) is 4.12. The second kappa shape index (κ2) is 6.95. The molecule has 0 saturated carbocycles. The van der Waals surface area contributed by atoms with Crippen LogP contribution in [0.25, 0.3) is 0 Å². The highest BCUT2D eigenvalue weighted by Gasteiger charge is 2.14. The number of rotatable bonds is 6. The molecule has 1 aromatic rings. The summed E-state index contributed by atoms with van der Waals surface area (Å²) in [5, 5.41) is 14.2. The Labute approximate surface area is 116 Å². The van der Waals surface area contributed by atoms with E-state index in [9.17, 15) is 10.1 Å². The van der Waals surface area contributed by atoms with Crippen LogP contribution in [0.4, 0.5) is 5.00 Å². The molecule has 1 aliphatic rings. The quantitative estimate of drug-likeness (QED) is 0.633. The Morgan fingerprint density at radius 3 is 2.89 bits per heavy atom. The minimum atomic E-state index is -0.342. The average Bonchev–Trinajstić information content (AvgIpc) is 2.86. The van der Waals surface area contributed by atoms with Crippen molar-refractivity contribution in [3.63, 3.8) is 0 Å². The molecule has 0 spiro atoms. The highest BCUT2D eigenvalue weighted by atomic mass is 32.1. The van der Waals surface area contributed by atoms with E-state index >= 15 is 0 Å². The summed E-state index contributed by atoms with van der Waals surface area (Å²) < 4.78 is 5.31. The molecule has 0 aromatic carbocycles. The van der Waals surface area contributed by atoms with Gasteiger partial charge in [0.15, 0.2) is 0 Å². The van der Waals surface area contributed by atoms with Gasteiger partial charge in [0.05, 0.1) is 18.1 Å². The number of thiophene rings is 1. The molecule has 0 bridgehead atoms. The van der Waals surface area contributed by atoms with Crippen LogP contribution >= 0.6 is 11.3 Å². The summed E-state index contributed by atoms with van der Waals surface area (Å²) in [4.78, 5) is 13.6. The van der Waals surface area contributed by atoms with Crippen molar-refractivity contribution in [2.45, 2.75) is 19.5 Å². The van der Waals surface area contributed by atoms with Gasteiger partial charge in [-0.25, -0.2) is 0 Å². The van der Waals surface area contributed by atoms with Gasteiger partial charge in [0.1, 0.15) is 0 Å². The lowest BCUT2D eigenvalue weighted by molar-refractivity contribution is -0.380. The first kappa shape index (κ1) is 14.4. The molecule has 106 valence electrons. The number of morpholine rings is 1. The van der Waals surface area contributed by atoms with E-state index in [0.29, 0.717) is 12.6 Å². The Kier molecular flexibility index (Phi) is 5.26. The lowest BCUT2D eigenvalue weighted by atomic mass is 10.3. The molecule has 1 atom stereocenters. The van der Waals surface area contributed by atoms with Crippen molar-refractivity contribution in [1.29, 1.82) is 0 Å². The van der Waals surface area contributed by atoms with Crippen LogP contribution in [0.1, 0.15) is 11.8 Å². The fourth-order valence-electron chi connectivity index (χ4n) is 2.07. The van der Waals surface area contributed by atoms with Gasteiger partial charge < -0.3 is 10.1 Å². The van der Waals surface area contributed by atoms with Gasteiger partial charge in [-0.05, 0) is 13.0 Å². The van der Waals surface area contributed by atoms with Gasteiger partial charge in [0.25, 0.3) is 0 Å². The Hall–Kier alpha value is -1.02. The van der Waals surface area contributed by atoms with E-state index in [1.165, 1.54) is 11.3 Å². The van der Waals surface area contributed by atoms with Gasteiger partial charge in [-0.15, -0.1) is 0 Å². The zero-order valence-corrected chi connectivity index (χ0v) is 11.8. The van der Waals surface area contributed by atoms with E-state index < -0.39 is 0 Å². The van der Waals surface area contributed by atoms with Crippen molar-refractivity contribution in [2.24, 2.45) is 0 Å². The summed E-state index contributed by atoms with van der Waals surface area (Å²) in [6.45, 7) is 7.39. The second-order valence-electron chi connectivity index (χ2n) is 4.69. The van der Waals surface area contributed by atoms with E-state index in [-0.39, 0.29) is 9.92 Å². The molecule has 0 aliphatic carbocycles. The molecule has 1 unspecified atom stereocenters. The van der Waals surface area contributed by atoms with Crippen molar-refractivity contribution in [3.8, 4) is 0 Å². The first-order valence-electron chi connectivity index (χ1n) is 6.42. The molecule has 1 N–H and O–H groups in total. The first-order valence-corrected chi connectivity index (χ1v) is 7.23. The Morgan fingerprint density at radius 1 is 1.53 bits per heavy atom. The van der Waals surface area contributed by atoms with Crippen LogP contribution in [0.5, 0.6) is 0 Å². The van der Waals surface area contributed by atoms with Crippen LogP contribution < -0.4 is 5.32 Å². The molecule has 19 heavy (non-hydrogen) atoms. The Morgan fingerprint density at radius 2 is 2.26 bits per heavy atom. The van der Waals surface area contributed by atoms with Crippen LogP contribution in [0.2, 0.25) is 0 Å². The van der Waals surface area contributed by atoms with E-state index in [0.717, 1.165) is 37.7 Å². The third kappa shape index (κ3) is 4.54. The van der Waals surface area contributed by atoms with Crippen molar-refractivity contribution in [2.75, 3.05) is 32.8 Å². The van der Waals surface area contributed by atoms with Gasteiger partial charge in [-0.3, -0.25) is 15.0 Å². The second-order valence-corrected chi connectivity index (χ2v) is 5.84. The molecule has 0 amide bonds. The lowest BCUT2D eigenvalue weighted by Crippen LogP contribution is -2.44. The van der Waals surface area contributed by atoms with Crippen molar-refractivity contribution in [1.82, 2.24) is 10.2 Å². The summed E-state index contributed by atoms with van der Waals surface area (Å²) in [6, 6.07) is 3.74. The zero-order chi connectivity index (χ0) is 13.7. The van der Waals surface area contributed by atoms with Crippen LogP contribution in [0.15, 0.2) is 12.1 Å². The van der Waals surface area contributed by atoms with Crippen LogP contribution in [-0.4, -0.2) is 48.7 Å². The maximum Gasteiger partial charge on any atom is 0.324 e. The van der Waals surface area contributed by atoms with Crippen LogP contribution in [0, 0.1) is 10.1 Å². The molecular formula is C12H19N3O3S. The van der Waals surface area contributed by atoms with Gasteiger partial charge in [-0.1, -0.05) is 11.3 Å². The molecular weight excluding hydrogens is 266 g/mol. The Bertz CT molecular complexity index is 418. The standard InChI is InChI=1S/C12H19N3O3S/c1-10(9-14-4-6-18-7-5-14)13-8-11-2-3-12(19-11)15(16)17/h2-3,10,13H,4-9H2,1H3. The molecule has 1 aromatic heterocycles.